The molecule has 0 spiro atoms. The molecule has 0 aliphatic heterocycles. The van der Waals surface area contributed by atoms with E-state index in [0.29, 0.717) is 12.6 Å². The summed E-state index contributed by atoms with van der Waals surface area (Å²) in [6.45, 7) is 7.76. The standard InChI is InChI=1S/C13H26N2O/c1-4-13(2,3)10-15-12(16)9-14-11-7-5-6-8-11/h11,14H,4-10H2,1-3H3,(H,15,16). The molecule has 3 heteroatoms. The molecule has 0 atom stereocenters. The zero-order valence-electron chi connectivity index (χ0n) is 10.9. The lowest BCUT2D eigenvalue weighted by Gasteiger charge is -2.23. The molecule has 16 heavy (non-hydrogen) atoms. The Kier molecular flexibility index (Phi) is 5.26. The van der Waals surface area contributed by atoms with Crippen molar-refractivity contribution in [1.82, 2.24) is 10.6 Å². The summed E-state index contributed by atoms with van der Waals surface area (Å²) in [5, 5.41) is 6.32. The van der Waals surface area contributed by atoms with E-state index in [0.717, 1.165) is 13.0 Å². The van der Waals surface area contributed by atoms with E-state index in [1.807, 2.05) is 0 Å². The highest BCUT2D eigenvalue weighted by atomic mass is 16.1. The van der Waals surface area contributed by atoms with Gasteiger partial charge in [-0.2, -0.15) is 0 Å². The van der Waals surface area contributed by atoms with Gasteiger partial charge in [0, 0.05) is 12.6 Å². The van der Waals surface area contributed by atoms with Crippen molar-refractivity contribution >= 4 is 5.91 Å². The maximum Gasteiger partial charge on any atom is 0.233 e. The van der Waals surface area contributed by atoms with Crippen LogP contribution in [0.5, 0.6) is 0 Å². The summed E-state index contributed by atoms with van der Waals surface area (Å²) in [4.78, 5) is 11.6. The maximum absolute atomic E-state index is 11.6. The van der Waals surface area contributed by atoms with Gasteiger partial charge < -0.3 is 10.6 Å². The summed E-state index contributed by atoms with van der Waals surface area (Å²) in [6.07, 6.45) is 6.16. The van der Waals surface area contributed by atoms with Crippen molar-refractivity contribution in [1.29, 1.82) is 0 Å². The Morgan fingerprint density at radius 3 is 2.50 bits per heavy atom. The molecule has 0 saturated heterocycles. The molecule has 0 aromatic rings. The number of hydrogen-bond acceptors (Lipinski definition) is 2. The smallest absolute Gasteiger partial charge is 0.233 e. The van der Waals surface area contributed by atoms with Gasteiger partial charge in [-0.05, 0) is 24.7 Å². The molecule has 3 nitrogen and oxygen atoms in total. The Labute approximate surface area is 99.4 Å². The van der Waals surface area contributed by atoms with E-state index in [-0.39, 0.29) is 11.3 Å². The van der Waals surface area contributed by atoms with Gasteiger partial charge in [0.2, 0.25) is 5.91 Å². The molecule has 1 saturated carbocycles. The monoisotopic (exact) mass is 226 g/mol. The third-order valence-corrected chi connectivity index (χ3v) is 3.63. The molecule has 2 N–H and O–H groups in total. The molecule has 1 aliphatic rings. The van der Waals surface area contributed by atoms with Crippen molar-refractivity contribution in [2.45, 2.75) is 58.9 Å². The summed E-state index contributed by atoms with van der Waals surface area (Å²) in [5.41, 5.74) is 0.211. The fourth-order valence-corrected chi connectivity index (χ4v) is 1.89. The molecule has 0 bridgehead atoms. The van der Waals surface area contributed by atoms with Gasteiger partial charge in [0.1, 0.15) is 0 Å². The van der Waals surface area contributed by atoms with Gasteiger partial charge in [-0.15, -0.1) is 0 Å². The van der Waals surface area contributed by atoms with Gasteiger partial charge >= 0.3 is 0 Å². The second-order valence-electron chi connectivity index (χ2n) is 5.66. The molecule has 0 heterocycles. The quantitative estimate of drug-likeness (QED) is 0.728. The fraction of sp³-hybridized carbons (Fsp3) is 0.923. The minimum absolute atomic E-state index is 0.133. The van der Waals surface area contributed by atoms with Crippen molar-refractivity contribution in [2.24, 2.45) is 5.41 Å². The highest BCUT2D eigenvalue weighted by Crippen LogP contribution is 2.18. The third-order valence-electron chi connectivity index (χ3n) is 3.63. The lowest BCUT2D eigenvalue weighted by atomic mass is 9.90. The van der Waals surface area contributed by atoms with Crippen molar-refractivity contribution < 1.29 is 4.79 Å². The highest BCUT2D eigenvalue weighted by molar-refractivity contribution is 5.78. The number of nitrogens with one attached hydrogen (secondary N) is 2. The van der Waals surface area contributed by atoms with Crippen molar-refractivity contribution in [3.63, 3.8) is 0 Å². The number of carbonyl (C=O) groups is 1. The first kappa shape index (κ1) is 13.5. The fourth-order valence-electron chi connectivity index (χ4n) is 1.89. The summed E-state index contributed by atoms with van der Waals surface area (Å²) >= 11 is 0. The van der Waals surface area contributed by atoms with E-state index in [4.69, 9.17) is 0 Å². The van der Waals surface area contributed by atoms with Gasteiger partial charge in [-0.25, -0.2) is 0 Å². The van der Waals surface area contributed by atoms with Crippen LogP contribution in [0.3, 0.4) is 0 Å². The Morgan fingerprint density at radius 2 is 1.94 bits per heavy atom. The Hall–Kier alpha value is -0.570. The van der Waals surface area contributed by atoms with Crippen LogP contribution in [-0.4, -0.2) is 25.0 Å². The van der Waals surface area contributed by atoms with E-state index < -0.39 is 0 Å². The van der Waals surface area contributed by atoms with Gasteiger partial charge in [0.25, 0.3) is 0 Å². The Bertz CT molecular complexity index is 220. The molecule has 94 valence electrons. The van der Waals surface area contributed by atoms with Crippen LogP contribution in [0.15, 0.2) is 0 Å². The second kappa shape index (κ2) is 6.24. The largest absolute Gasteiger partial charge is 0.354 e. The van der Waals surface area contributed by atoms with Gasteiger partial charge in [0.15, 0.2) is 0 Å². The molecule has 1 rings (SSSR count). The average molecular weight is 226 g/mol. The predicted octanol–water partition coefficient (Wildman–Crippen LogP) is 2.07. The zero-order chi connectivity index (χ0) is 12.0. The number of carbonyl (C=O) groups excluding carboxylic acids is 1. The van der Waals surface area contributed by atoms with E-state index in [2.05, 4.69) is 31.4 Å². The van der Waals surface area contributed by atoms with Gasteiger partial charge in [-0.1, -0.05) is 33.6 Å². The summed E-state index contributed by atoms with van der Waals surface area (Å²) in [5.74, 6) is 0.133. The zero-order valence-corrected chi connectivity index (χ0v) is 10.9. The first-order valence-corrected chi connectivity index (χ1v) is 6.53. The first-order valence-electron chi connectivity index (χ1n) is 6.53. The minimum Gasteiger partial charge on any atom is -0.354 e. The predicted molar refractivity (Wildman–Crippen MR) is 67.3 cm³/mol. The van der Waals surface area contributed by atoms with Crippen molar-refractivity contribution in [3.8, 4) is 0 Å². The SMILES string of the molecule is CCC(C)(C)CNC(=O)CNC1CCCC1. The van der Waals surface area contributed by atoms with E-state index in [1.165, 1.54) is 25.7 Å². The van der Waals surface area contributed by atoms with Crippen molar-refractivity contribution in [2.75, 3.05) is 13.1 Å². The third kappa shape index (κ3) is 4.97. The van der Waals surface area contributed by atoms with Crippen LogP contribution in [0.1, 0.15) is 52.9 Å². The Morgan fingerprint density at radius 1 is 1.31 bits per heavy atom. The molecule has 0 aromatic carbocycles. The van der Waals surface area contributed by atoms with Crippen molar-refractivity contribution in [3.05, 3.63) is 0 Å². The average Bonchev–Trinajstić information content (AvgIpc) is 2.76. The summed E-state index contributed by atoms with van der Waals surface area (Å²) in [6, 6.07) is 0.574. The van der Waals surface area contributed by atoms with Gasteiger partial charge in [-0.3, -0.25) is 4.79 Å². The van der Waals surface area contributed by atoms with E-state index >= 15 is 0 Å². The van der Waals surface area contributed by atoms with Crippen LogP contribution in [0.4, 0.5) is 0 Å². The molecular weight excluding hydrogens is 200 g/mol. The van der Waals surface area contributed by atoms with E-state index in [1.54, 1.807) is 0 Å². The second-order valence-corrected chi connectivity index (χ2v) is 5.66. The molecule has 1 fully saturated rings. The topological polar surface area (TPSA) is 41.1 Å². The lowest BCUT2D eigenvalue weighted by Crippen LogP contribution is -2.41. The Balaban J connectivity index is 2.10. The molecular formula is C13H26N2O. The number of hydrogen-bond donors (Lipinski definition) is 2. The molecule has 0 aromatic heterocycles. The maximum atomic E-state index is 11.6. The van der Waals surface area contributed by atoms with Crippen LogP contribution < -0.4 is 10.6 Å². The molecule has 1 amide bonds. The lowest BCUT2D eigenvalue weighted by molar-refractivity contribution is -0.120. The van der Waals surface area contributed by atoms with Crippen LogP contribution in [0, 0.1) is 5.41 Å². The summed E-state index contributed by atoms with van der Waals surface area (Å²) in [7, 11) is 0. The van der Waals surface area contributed by atoms with Crippen LogP contribution >= 0.6 is 0 Å². The number of amides is 1. The van der Waals surface area contributed by atoms with Crippen LogP contribution in [-0.2, 0) is 4.79 Å². The molecule has 1 aliphatic carbocycles. The summed E-state index contributed by atoms with van der Waals surface area (Å²) < 4.78 is 0. The molecule has 0 unspecified atom stereocenters. The minimum atomic E-state index is 0.133. The van der Waals surface area contributed by atoms with E-state index in [9.17, 15) is 4.79 Å². The van der Waals surface area contributed by atoms with Crippen LogP contribution in [0.2, 0.25) is 0 Å². The molecule has 0 radical (unpaired) electrons. The number of rotatable bonds is 6. The van der Waals surface area contributed by atoms with Gasteiger partial charge in [0.05, 0.1) is 6.54 Å². The van der Waals surface area contributed by atoms with Crippen LogP contribution in [0.25, 0.3) is 0 Å². The normalized spacial score (nSPS) is 17.7. The first-order chi connectivity index (χ1) is 7.53. The highest BCUT2D eigenvalue weighted by Gasteiger charge is 2.18.